The molecular formula is C29H29N3O7. The van der Waals surface area contributed by atoms with Crippen molar-refractivity contribution in [2.45, 2.75) is 12.5 Å². The third kappa shape index (κ3) is 7.89. The number of alkyl carbamates (subject to hydrolysis) is 1. The number of ether oxygens (including phenoxy) is 3. The molecule has 0 fully saturated rings. The van der Waals surface area contributed by atoms with Gasteiger partial charge in [-0.2, -0.15) is 0 Å². The monoisotopic (exact) mass is 531 g/mol. The van der Waals surface area contributed by atoms with Crippen molar-refractivity contribution < 1.29 is 33.4 Å². The lowest BCUT2D eigenvalue weighted by Crippen LogP contribution is -2.39. The zero-order valence-corrected chi connectivity index (χ0v) is 21.2. The molecule has 3 N–H and O–H groups in total. The molecule has 0 spiro atoms. The lowest BCUT2D eigenvalue weighted by molar-refractivity contribution is -0.145. The van der Waals surface area contributed by atoms with E-state index in [-0.39, 0.29) is 45.6 Å². The molecule has 0 atom stereocenters. The molecule has 0 heterocycles. The SMILES string of the molecule is O=C(CNC(=O)OCC1c2ccccc2-c2ccccc21)NCOCC(=O)NCC(=O)OCc1ccccc1. The average Bonchev–Trinajstić information content (AvgIpc) is 3.29. The van der Waals surface area contributed by atoms with Gasteiger partial charge in [0, 0.05) is 5.92 Å². The summed E-state index contributed by atoms with van der Waals surface area (Å²) in [7, 11) is 0. The van der Waals surface area contributed by atoms with Crippen molar-refractivity contribution in [1.82, 2.24) is 16.0 Å². The molecule has 1 aliphatic rings. The van der Waals surface area contributed by atoms with Gasteiger partial charge in [0.2, 0.25) is 11.8 Å². The van der Waals surface area contributed by atoms with Crippen LogP contribution in [-0.2, 0) is 35.2 Å². The Morgan fingerprint density at radius 2 is 1.31 bits per heavy atom. The van der Waals surface area contributed by atoms with E-state index in [4.69, 9.17) is 14.2 Å². The quantitative estimate of drug-likeness (QED) is 0.186. The summed E-state index contributed by atoms with van der Waals surface area (Å²) in [6.45, 7) is -0.990. The van der Waals surface area contributed by atoms with Gasteiger partial charge in [-0.25, -0.2) is 4.79 Å². The summed E-state index contributed by atoms with van der Waals surface area (Å²) in [5.41, 5.74) is 5.27. The zero-order chi connectivity index (χ0) is 27.5. The van der Waals surface area contributed by atoms with Crippen LogP contribution in [0, 0.1) is 0 Å². The van der Waals surface area contributed by atoms with Crippen LogP contribution in [0.3, 0.4) is 0 Å². The van der Waals surface area contributed by atoms with Crippen molar-refractivity contribution in [3.05, 3.63) is 95.6 Å². The summed E-state index contributed by atoms with van der Waals surface area (Å²) in [5, 5.41) is 7.19. The molecule has 0 unspecified atom stereocenters. The van der Waals surface area contributed by atoms with E-state index in [1.165, 1.54) is 0 Å². The van der Waals surface area contributed by atoms with Crippen molar-refractivity contribution in [1.29, 1.82) is 0 Å². The molecule has 0 radical (unpaired) electrons. The largest absolute Gasteiger partial charge is 0.460 e. The van der Waals surface area contributed by atoms with Crippen molar-refractivity contribution in [2.75, 3.05) is 33.0 Å². The van der Waals surface area contributed by atoms with Crippen molar-refractivity contribution in [3.63, 3.8) is 0 Å². The van der Waals surface area contributed by atoms with Gasteiger partial charge in [-0.1, -0.05) is 78.9 Å². The maximum atomic E-state index is 12.2. The lowest BCUT2D eigenvalue weighted by Gasteiger charge is -2.14. The molecule has 39 heavy (non-hydrogen) atoms. The normalized spacial score (nSPS) is 11.6. The van der Waals surface area contributed by atoms with Crippen LogP contribution < -0.4 is 16.0 Å². The fraction of sp³-hybridized carbons (Fsp3) is 0.241. The maximum Gasteiger partial charge on any atom is 0.407 e. The number of carbonyl (C=O) groups is 4. The van der Waals surface area contributed by atoms with Crippen molar-refractivity contribution in [2.24, 2.45) is 0 Å². The predicted molar refractivity (Wildman–Crippen MR) is 141 cm³/mol. The highest BCUT2D eigenvalue weighted by molar-refractivity contribution is 5.83. The molecule has 3 aromatic carbocycles. The van der Waals surface area contributed by atoms with Crippen LogP contribution >= 0.6 is 0 Å². The van der Waals surface area contributed by atoms with Gasteiger partial charge in [0.1, 0.15) is 39.6 Å². The fourth-order valence-corrected chi connectivity index (χ4v) is 4.15. The average molecular weight is 532 g/mol. The number of hydrogen-bond acceptors (Lipinski definition) is 7. The number of benzene rings is 3. The Kier molecular flexibility index (Phi) is 9.63. The van der Waals surface area contributed by atoms with Crippen LogP contribution in [-0.4, -0.2) is 56.9 Å². The molecule has 10 heteroatoms. The van der Waals surface area contributed by atoms with Crippen LogP contribution in [0.4, 0.5) is 4.79 Å². The van der Waals surface area contributed by atoms with Gasteiger partial charge < -0.3 is 30.2 Å². The highest BCUT2D eigenvalue weighted by Gasteiger charge is 2.29. The van der Waals surface area contributed by atoms with E-state index in [0.29, 0.717) is 0 Å². The van der Waals surface area contributed by atoms with Crippen LogP contribution in [0.1, 0.15) is 22.6 Å². The number of nitrogens with one attached hydrogen (secondary N) is 3. The highest BCUT2D eigenvalue weighted by atomic mass is 16.5. The molecule has 0 bridgehead atoms. The number of carbonyl (C=O) groups excluding carboxylic acids is 4. The second-order valence-electron chi connectivity index (χ2n) is 8.69. The summed E-state index contributed by atoms with van der Waals surface area (Å²) in [5.74, 6) is -1.73. The predicted octanol–water partition coefficient (Wildman–Crippen LogP) is 2.47. The second kappa shape index (κ2) is 13.7. The first-order valence-corrected chi connectivity index (χ1v) is 12.4. The fourth-order valence-electron chi connectivity index (χ4n) is 4.15. The molecule has 202 valence electrons. The Morgan fingerprint density at radius 3 is 2.00 bits per heavy atom. The molecular weight excluding hydrogens is 502 g/mol. The van der Waals surface area contributed by atoms with Gasteiger partial charge in [0.25, 0.3) is 0 Å². The minimum Gasteiger partial charge on any atom is -0.460 e. The lowest BCUT2D eigenvalue weighted by atomic mass is 9.98. The van der Waals surface area contributed by atoms with E-state index in [2.05, 4.69) is 16.0 Å². The molecule has 4 rings (SSSR count). The van der Waals surface area contributed by atoms with Crippen molar-refractivity contribution >= 4 is 23.9 Å². The summed E-state index contributed by atoms with van der Waals surface area (Å²) < 4.78 is 15.5. The molecule has 3 aromatic rings. The van der Waals surface area contributed by atoms with E-state index in [9.17, 15) is 19.2 Å². The van der Waals surface area contributed by atoms with Crippen LogP contribution in [0.2, 0.25) is 0 Å². The summed E-state index contributed by atoms with van der Waals surface area (Å²) >= 11 is 0. The molecule has 1 aliphatic carbocycles. The first-order valence-electron chi connectivity index (χ1n) is 12.4. The van der Waals surface area contributed by atoms with Crippen LogP contribution in [0.5, 0.6) is 0 Å². The third-order valence-corrected chi connectivity index (χ3v) is 6.01. The Bertz CT molecular complexity index is 1270. The van der Waals surface area contributed by atoms with Gasteiger partial charge in [-0.05, 0) is 27.8 Å². The summed E-state index contributed by atoms with van der Waals surface area (Å²) in [4.78, 5) is 47.6. The van der Waals surface area contributed by atoms with Gasteiger partial charge in [0.05, 0.1) is 0 Å². The number of hydrogen-bond donors (Lipinski definition) is 3. The summed E-state index contributed by atoms with van der Waals surface area (Å²) in [6.07, 6.45) is -0.716. The first kappa shape index (κ1) is 27.3. The third-order valence-electron chi connectivity index (χ3n) is 6.01. The molecule has 0 aliphatic heterocycles. The smallest absolute Gasteiger partial charge is 0.407 e. The van der Waals surface area contributed by atoms with E-state index < -0.39 is 23.9 Å². The Hall–Kier alpha value is -4.70. The van der Waals surface area contributed by atoms with E-state index >= 15 is 0 Å². The van der Waals surface area contributed by atoms with Gasteiger partial charge in [-0.15, -0.1) is 0 Å². The molecule has 0 saturated heterocycles. The van der Waals surface area contributed by atoms with Crippen LogP contribution in [0.15, 0.2) is 78.9 Å². The van der Waals surface area contributed by atoms with Gasteiger partial charge in [-0.3, -0.25) is 14.4 Å². The standard InChI is InChI=1S/C29H29N3O7/c33-26(32-19-37-18-27(34)30-15-28(35)38-16-20-8-2-1-3-9-20)14-31-29(36)39-17-25-23-12-6-4-10-21(23)22-11-5-7-13-24(22)25/h1-13,25H,14-19H2,(H,30,34)(H,31,36)(H,32,33). The molecule has 0 aromatic heterocycles. The molecule has 0 saturated carbocycles. The summed E-state index contributed by atoms with van der Waals surface area (Å²) in [6, 6.07) is 25.2. The Balaban J connectivity index is 1.06. The number of esters is 1. The van der Waals surface area contributed by atoms with Crippen LogP contribution in [0.25, 0.3) is 11.1 Å². The minimum atomic E-state index is -0.716. The van der Waals surface area contributed by atoms with Gasteiger partial charge >= 0.3 is 12.1 Å². The molecule has 3 amide bonds. The zero-order valence-electron chi connectivity index (χ0n) is 21.2. The number of amides is 3. The first-order chi connectivity index (χ1) is 19.0. The maximum absolute atomic E-state index is 12.2. The number of fused-ring (bicyclic) bond motifs is 3. The second-order valence-corrected chi connectivity index (χ2v) is 8.69. The topological polar surface area (TPSA) is 132 Å². The van der Waals surface area contributed by atoms with Gasteiger partial charge in [0.15, 0.2) is 0 Å². The van der Waals surface area contributed by atoms with E-state index in [1.54, 1.807) is 0 Å². The van der Waals surface area contributed by atoms with Crippen molar-refractivity contribution in [3.8, 4) is 11.1 Å². The highest BCUT2D eigenvalue weighted by Crippen LogP contribution is 2.44. The minimum absolute atomic E-state index is 0.0813. The van der Waals surface area contributed by atoms with E-state index in [0.717, 1.165) is 27.8 Å². The Labute approximate surface area is 225 Å². The Morgan fingerprint density at radius 1 is 0.667 bits per heavy atom. The number of rotatable bonds is 12. The molecule has 10 nitrogen and oxygen atoms in total. The van der Waals surface area contributed by atoms with E-state index in [1.807, 2.05) is 78.9 Å².